The second kappa shape index (κ2) is 11.1. The monoisotopic (exact) mass is 539 g/mol. The summed E-state index contributed by atoms with van der Waals surface area (Å²) in [6.45, 7) is 1.97. The maximum absolute atomic E-state index is 14.9. The molecule has 0 fully saturated rings. The number of nitrogens with zero attached hydrogens (tertiary/aromatic N) is 4. The maximum Gasteiger partial charge on any atom is 0.417 e. The first kappa shape index (κ1) is 27.5. The molecule has 202 valence electrons. The van der Waals surface area contributed by atoms with Crippen molar-refractivity contribution in [3.05, 3.63) is 89.5 Å². The lowest BCUT2D eigenvalue weighted by Crippen LogP contribution is -2.25. The lowest BCUT2D eigenvalue weighted by molar-refractivity contribution is -0.137. The first-order valence-corrected chi connectivity index (χ1v) is 12.0. The fourth-order valence-corrected chi connectivity index (χ4v) is 4.05. The third kappa shape index (κ3) is 6.14. The van der Waals surface area contributed by atoms with Crippen LogP contribution in [0.4, 0.5) is 23.2 Å². The van der Waals surface area contributed by atoms with E-state index in [-0.39, 0.29) is 23.8 Å². The number of amides is 2. The first-order chi connectivity index (χ1) is 18.5. The van der Waals surface area contributed by atoms with E-state index in [1.54, 1.807) is 56.4 Å². The summed E-state index contributed by atoms with van der Waals surface area (Å²) in [4.78, 5) is 31.4. The number of nitrogens with one attached hydrogen (secondary N) is 1. The van der Waals surface area contributed by atoms with Crippen LogP contribution in [0.1, 0.15) is 35.0 Å². The van der Waals surface area contributed by atoms with Crippen LogP contribution in [-0.2, 0) is 24.6 Å². The van der Waals surface area contributed by atoms with Crippen molar-refractivity contribution in [3.8, 4) is 22.5 Å². The van der Waals surface area contributed by atoms with Gasteiger partial charge in [-0.2, -0.15) is 18.3 Å². The number of halogens is 4. The SMILES string of the molecule is CCC(=O)N(C)Cc1ccc(NC(=O)c2cc(-c3ccn(C)n3)c(C(F)(F)F)cc2F)c(-c2ccccc2)n1. The lowest BCUT2D eigenvalue weighted by atomic mass is 9.99. The Hall–Kier alpha value is -4.54. The van der Waals surface area contributed by atoms with E-state index in [0.29, 0.717) is 29.4 Å². The molecule has 0 aliphatic carbocycles. The van der Waals surface area contributed by atoms with Gasteiger partial charge in [-0.25, -0.2) is 9.37 Å². The van der Waals surface area contributed by atoms with Crippen molar-refractivity contribution in [3.63, 3.8) is 0 Å². The fourth-order valence-electron chi connectivity index (χ4n) is 4.05. The van der Waals surface area contributed by atoms with Crippen LogP contribution in [-0.4, -0.2) is 38.5 Å². The lowest BCUT2D eigenvalue weighted by Gasteiger charge is -2.18. The molecule has 7 nitrogen and oxygen atoms in total. The van der Waals surface area contributed by atoms with Gasteiger partial charge in [0.25, 0.3) is 5.91 Å². The molecule has 2 amide bonds. The molecule has 2 aromatic carbocycles. The molecule has 0 bridgehead atoms. The van der Waals surface area contributed by atoms with E-state index < -0.39 is 34.6 Å². The van der Waals surface area contributed by atoms with Gasteiger partial charge in [0.15, 0.2) is 0 Å². The largest absolute Gasteiger partial charge is 0.417 e. The highest BCUT2D eigenvalue weighted by molar-refractivity contribution is 6.07. The average molecular weight is 540 g/mol. The van der Waals surface area contributed by atoms with Crippen LogP contribution in [0.2, 0.25) is 0 Å². The zero-order valence-electron chi connectivity index (χ0n) is 21.4. The third-order valence-corrected chi connectivity index (χ3v) is 6.02. The number of aromatic nitrogens is 3. The quantitative estimate of drug-likeness (QED) is 0.296. The van der Waals surface area contributed by atoms with Gasteiger partial charge in [-0.3, -0.25) is 14.3 Å². The fraction of sp³-hybridized carbons (Fsp3) is 0.214. The Morgan fingerprint density at radius 1 is 1.05 bits per heavy atom. The van der Waals surface area contributed by atoms with Crippen molar-refractivity contribution in [1.82, 2.24) is 19.7 Å². The summed E-state index contributed by atoms with van der Waals surface area (Å²) in [5.41, 5.74) is -0.530. The van der Waals surface area contributed by atoms with Crippen LogP contribution in [0.25, 0.3) is 22.5 Å². The minimum absolute atomic E-state index is 0.0550. The zero-order valence-corrected chi connectivity index (χ0v) is 21.4. The Morgan fingerprint density at radius 3 is 2.38 bits per heavy atom. The zero-order chi connectivity index (χ0) is 28.3. The van der Waals surface area contributed by atoms with Crippen molar-refractivity contribution in [2.24, 2.45) is 7.05 Å². The highest BCUT2D eigenvalue weighted by atomic mass is 19.4. The first-order valence-electron chi connectivity index (χ1n) is 12.0. The molecule has 2 heterocycles. The van der Waals surface area contributed by atoms with E-state index in [2.05, 4.69) is 15.4 Å². The average Bonchev–Trinajstić information content (AvgIpc) is 3.34. The summed E-state index contributed by atoms with van der Waals surface area (Å²) in [6, 6.07) is 14.6. The number of carbonyl (C=O) groups excluding carboxylic acids is 2. The van der Waals surface area contributed by atoms with Crippen molar-refractivity contribution < 1.29 is 27.2 Å². The molecule has 0 aliphatic heterocycles. The molecular weight excluding hydrogens is 514 g/mol. The van der Waals surface area contributed by atoms with Crippen molar-refractivity contribution >= 4 is 17.5 Å². The third-order valence-electron chi connectivity index (χ3n) is 6.02. The summed E-state index contributed by atoms with van der Waals surface area (Å²) >= 11 is 0. The molecule has 0 radical (unpaired) electrons. The molecule has 0 atom stereocenters. The number of rotatable bonds is 7. The molecule has 2 aromatic heterocycles. The smallest absolute Gasteiger partial charge is 0.340 e. The molecule has 0 unspecified atom stereocenters. The number of anilines is 1. The molecule has 4 aromatic rings. The van der Waals surface area contributed by atoms with E-state index in [0.717, 1.165) is 6.07 Å². The van der Waals surface area contributed by atoms with Gasteiger partial charge in [0.1, 0.15) is 5.82 Å². The predicted octanol–water partition coefficient (Wildman–Crippen LogP) is 5.93. The summed E-state index contributed by atoms with van der Waals surface area (Å²) in [5, 5.41) is 6.59. The minimum atomic E-state index is -4.87. The van der Waals surface area contributed by atoms with E-state index in [4.69, 9.17) is 0 Å². The van der Waals surface area contributed by atoms with Gasteiger partial charge >= 0.3 is 6.18 Å². The van der Waals surface area contributed by atoms with Crippen LogP contribution in [0.5, 0.6) is 0 Å². The maximum atomic E-state index is 14.9. The molecule has 0 saturated carbocycles. The van der Waals surface area contributed by atoms with Gasteiger partial charge in [0.05, 0.1) is 40.4 Å². The van der Waals surface area contributed by atoms with Crippen LogP contribution >= 0.6 is 0 Å². The summed E-state index contributed by atoms with van der Waals surface area (Å²) in [7, 11) is 3.18. The van der Waals surface area contributed by atoms with Crippen molar-refractivity contribution in [2.45, 2.75) is 26.1 Å². The van der Waals surface area contributed by atoms with Gasteiger partial charge in [0, 0.05) is 37.8 Å². The molecule has 0 aliphatic rings. The van der Waals surface area contributed by atoms with Gasteiger partial charge in [-0.1, -0.05) is 37.3 Å². The molecular formula is C28H25F4N5O2. The number of carbonyl (C=O) groups is 2. The Balaban J connectivity index is 1.74. The predicted molar refractivity (Wildman–Crippen MR) is 138 cm³/mol. The van der Waals surface area contributed by atoms with Crippen molar-refractivity contribution in [1.29, 1.82) is 0 Å². The standard InChI is InChI=1S/C28H25F4N5O2/c1-4-25(38)36(2)16-18-10-11-24(26(33-18)17-8-6-5-7-9-17)34-27(39)20-14-19(23-12-13-37(3)35-23)21(15-22(20)29)28(30,31)32/h5-15H,4,16H2,1-3H3,(H,34,39). The molecule has 0 saturated heterocycles. The van der Waals surface area contributed by atoms with Crippen molar-refractivity contribution in [2.75, 3.05) is 12.4 Å². The Morgan fingerprint density at radius 2 is 1.77 bits per heavy atom. The Bertz CT molecular complexity index is 1520. The number of aryl methyl sites for hydroxylation is 1. The molecule has 39 heavy (non-hydrogen) atoms. The van der Waals surface area contributed by atoms with E-state index >= 15 is 0 Å². The van der Waals surface area contributed by atoms with Crippen LogP contribution in [0.3, 0.4) is 0 Å². The number of pyridine rings is 1. The highest BCUT2D eigenvalue weighted by Gasteiger charge is 2.36. The molecule has 1 N–H and O–H groups in total. The summed E-state index contributed by atoms with van der Waals surface area (Å²) in [5.74, 6) is -2.36. The van der Waals surface area contributed by atoms with Crippen LogP contribution in [0.15, 0.2) is 66.9 Å². The number of benzene rings is 2. The second-order valence-corrected chi connectivity index (χ2v) is 8.87. The second-order valence-electron chi connectivity index (χ2n) is 8.87. The number of hydrogen-bond donors (Lipinski definition) is 1. The highest BCUT2D eigenvalue weighted by Crippen LogP contribution is 2.38. The van der Waals surface area contributed by atoms with Gasteiger partial charge in [0.2, 0.25) is 5.91 Å². The normalized spacial score (nSPS) is 11.4. The number of alkyl halides is 3. The Labute approximate surface area is 222 Å². The molecule has 4 rings (SSSR count). The molecule has 0 spiro atoms. The van der Waals surface area contributed by atoms with Gasteiger partial charge < -0.3 is 10.2 Å². The van der Waals surface area contributed by atoms with E-state index in [1.807, 2.05) is 0 Å². The van der Waals surface area contributed by atoms with Gasteiger partial charge in [-0.15, -0.1) is 0 Å². The topological polar surface area (TPSA) is 80.1 Å². The Kier molecular flexibility index (Phi) is 7.80. The van der Waals surface area contributed by atoms with Gasteiger partial charge in [-0.05, 0) is 30.3 Å². The summed E-state index contributed by atoms with van der Waals surface area (Å²) < 4.78 is 57.4. The van der Waals surface area contributed by atoms with E-state index in [1.165, 1.54) is 28.9 Å². The molecule has 11 heteroatoms. The summed E-state index contributed by atoms with van der Waals surface area (Å²) in [6.07, 6.45) is -3.09. The van der Waals surface area contributed by atoms with Crippen LogP contribution in [0, 0.1) is 5.82 Å². The minimum Gasteiger partial charge on any atom is -0.340 e. The van der Waals surface area contributed by atoms with E-state index in [9.17, 15) is 27.2 Å². The van der Waals surface area contributed by atoms with Crippen LogP contribution < -0.4 is 5.32 Å². The number of hydrogen-bond acceptors (Lipinski definition) is 4.